The molecule has 20 heavy (non-hydrogen) atoms. The van der Waals surface area contributed by atoms with E-state index in [9.17, 15) is 4.79 Å². The van der Waals surface area contributed by atoms with Gasteiger partial charge in [-0.2, -0.15) is 5.10 Å². The minimum Gasteiger partial charge on any atom is -0.370 e. The second-order valence-electron chi connectivity index (χ2n) is 5.63. The summed E-state index contributed by atoms with van der Waals surface area (Å²) in [7, 11) is 0. The van der Waals surface area contributed by atoms with Crippen LogP contribution in [-0.4, -0.2) is 28.3 Å². The summed E-state index contributed by atoms with van der Waals surface area (Å²) < 4.78 is 7.62. The molecule has 0 radical (unpaired) electrons. The third kappa shape index (κ3) is 3.69. The van der Waals surface area contributed by atoms with Gasteiger partial charge in [0.2, 0.25) is 0 Å². The molecule has 0 bridgehead atoms. The van der Waals surface area contributed by atoms with Crippen LogP contribution in [0.5, 0.6) is 0 Å². The van der Waals surface area contributed by atoms with Crippen LogP contribution in [0.15, 0.2) is 12.4 Å². The summed E-state index contributed by atoms with van der Waals surface area (Å²) in [6, 6.07) is 0. The molecular formula is C16H26N2O2. The first-order valence-electron chi connectivity index (χ1n) is 7.94. The molecule has 0 aromatic carbocycles. The van der Waals surface area contributed by atoms with Crippen molar-refractivity contribution >= 4 is 5.78 Å². The van der Waals surface area contributed by atoms with Gasteiger partial charge in [-0.25, -0.2) is 0 Å². The quantitative estimate of drug-likeness (QED) is 0.717. The van der Waals surface area contributed by atoms with Gasteiger partial charge in [-0.3, -0.25) is 9.48 Å². The summed E-state index contributed by atoms with van der Waals surface area (Å²) in [5.74, 6) is 0.492. The first kappa shape index (κ1) is 15.2. The van der Waals surface area contributed by atoms with Gasteiger partial charge in [0.05, 0.1) is 11.8 Å². The van der Waals surface area contributed by atoms with Crippen LogP contribution in [0.2, 0.25) is 0 Å². The van der Waals surface area contributed by atoms with E-state index in [2.05, 4.69) is 12.0 Å². The zero-order chi connectivity index (χ0) is 14.4. The van der Waals surface area contributed by atoms with E-state index < -0.39 is 0 Å². The van der Waals surface area contributed by atoms with Gasteiger partial charge in [0.15, 0.2) is 5.78 Å². The van der Waals surface area contributed by atoms with Gasteiger partial charge in [-0.05, 0) is 32.1 Å². The molecule has 1 fully saturated rings. The molecule has 4 nitrogen and oxygen atoms in total. The van der Waals surface area contributed by atoms with Crippen LogP contribution in [0.25, 0.3) is 0 Å². The molecule has 1 aliphatic rings. The molecule has 0 N–H and O–H groups in total. The average Bonchev–Trinajstić information content (AvgIpc) is 2.94. The second-order valence-corrected chi connectivity index (χ2v) is 5.63. The Kier molecular flexibility index (Phi) is 5.77. The Morgan fingerprint density at radius 3 is 2.80 bits per heavy atom. The molecule has 1 aromatic heterocycles. The highest BCUT2D eigenvalue weighted by molar-refractivity contribution is 5.99. The van der Waals surface area contributed by atoms with Crippen LogP contribution in [-0.2, 0) is 11.3 Å². The van der Waals surface area contributed by atoms with Crippen molar-refractivity contribution in [3.05, 3.63) is 18.0 Å². The number of nitrogens with zero attached hydrogens (tertiary/aromatic N) is 2. The van der Waals surface area contributed by atoms with E-state index >= 15 is 0 Å². The number of ketones is 1. The zero-order valence-corrected chi connectivity index (χ0v) is 12.7. The maximum Gasteiger partial charge on any atom is 0.194 e. The van der Waals surface area contributed by atoms with Crippen molar-refractivity contribution in [1.82, 2.24) is 9.78 Å². The monoisotopic (exact) mass is 278 g/mol. The van der Waals surface area contributed by atoms with Crippen molar-refractivity contribution in [1.29, 1.82) is 0 Å². The van der Waals surface area contributed by atoms with Crippen molar-refractivity contribution < 1.29 is 9.53 Å². The van der Waals surface area contributed by atoms with E-state index in [1.165, 1.54) is 19.3 Å². The maximum atomic E-state index is 12.7. The van der Waals surface area contributed by atoms with Crippen molar-refractivity contribution in [3.63, 3.8) is 0 Å². The third-order valence-corrected chi connectivity index (χ3v) is 4.05. The summed E-state index contributed by atoms with van der Waals surface area (Å²) >= 11 is 0. The standard InChI is InChI=1S/C16H26N2O2/c1-3-10-18-12-14(11-17-18)15(19)16(20-4-2)13-8-6-5-7-9-13/h11-13,16H,3-10H2,1-2H3. The number of hydrogen-bond acceptors (Lipinski definition) is 3. The summed E-state index contributed by atoms with van der Waals surface area (Å²) in [5, 5.41) is 4.25. The Morgan fingerprint density at radius 1 is 1.40 bits per heavy atom. The van der Waals surface area contributed by atoms with E-state index in [0.29, 0.717) is 18.1 Å². The maximum absolute atomic E-state index is 12.7. The van der Waals surface area contributed by atoms with Crippen LogP contribution in [0, 0.1) is 5.92 Å². The minimum atomic E-state index is -0.278. The normalized spacial score (nSPS) is 18.1. The number of rotatable bonds is 7. The number of ether oxygens (including phenoxy) is 1. The van der Waals surface area contributed by atoms with Crippen LogP contribution >= 0.6 is 0 Å². The lowest BCUT2D eigenvalue weighted by molar-refractivity contribution is 0.0127. The molecule has 0 amide bonds. The lowest BCUT2D eigenvalue weighted by atomic mass is 9.83. The van der Waals surface area contributed by atoms with E-state index in [1.54, 1.807) is 6.20 Å². The predicted molar refractivity (Wildman–Crippen MR) is 78.8 cm³/mol. The summed E-state index contributed by atoms with van der Waals surface area (Å²) in [4.78, 5) is 12.7. The lowest BCUT2D eigenvalue weighted by Crippen LogP contribution is -2.34. The van der Waals surface area contributed by atoms with E-state index in [4.69, 9.17) is 4.74 Å². The van der Waals surface area contributed by atoms with Crippen LogP contribution < -0.4 is 0 Å². The van der Waals surface area contributed by atoms with Gasteiger partial charge in [-0.15, -0.1) is 0 Å². The molecule has 0 aliphatic heterocycles. The Bertz CT molecular complexity index is 422. The minimum absolute atomic E-state index is 0.112. The number of hydrogen-bond donors (Lipinski definition) is 0. The zero-order valence-electron chi connectivity index (χ0n) is 12.7. The van der Waals surface area contributed by atoms with Gasteiger partial charge < -0.3 is 4.74 Å². The molecular weight excluding hydrogens is 252 g/mol. The Hall–Kier alpha value is -1.16. The third-order valence-electron chi connectivity index (χ3n) is 4.05. The van der Waals surface area contributed by atoms with Crippen molar-refractivity contribution in [2.24, 2.45) is 5.92 Å². The molecule has 4 heteroatoms. The van der Waals surface area contributed by atoms with Crippen LogP contribution in [0.1, 0.15) is 62.7 Å². The predicted octanol–water partition coefficient (Wildman–Crippen LogP) is 3.46. The van der Waals surface area contributed by atoms with Crippen molar-refractivity contribution in [2.45, 2.75) is 65.0 Å². The smallest absolute Gasteiger partial charge is 0.194 e. The number of aromatic nitrogens is 2. The average molecular weight is 278 g/mol. The number of Topliss-reactive ketones (excluding diaryl/α,β-unsaturated/α-hetero) is 1. The second kappa shape index (κ2) is 7.58. The molecule has 1 atom stereocenters. The fraction of sp³-hybridized carbons (Fsp3) is 0.750. The topological polar surface area (TPSA) is 44.1 Å². The van der Waals surface area contributed by atoms with Crippen molar-refractivity contribution in [3.8, 4) is 0 Å². The van der Waals surface area contributed by atoms with Gasteiger partial charge in [0.25, 0.3) is 0 Å². The van der Waals surface area contributed by atoms with Crippen LogP contribution in [0.3, 0.4) is 0 Å². The molecule has 2 rings (SSSR count). The van der Waals surface area contributed by atoms with E-state index in [0.717, 1.165) is 25.8 Å². The fourth-order valence-corrected chi connectivity index (χ4v) is 3.05. The molecule has 112 valence electrons. The van der Waals surface area contributed by atoms with Crippen LogP contribution in [0.4, 0.5) is 0 Å². The molecule has 0 spiro atoms. The summed E-state index contributed by atoms with van der Waals surface area (Å²) in [5.41, 5.74) is 0.697. The molecule has 1 saturated carbocycles. The number of carbonyl (C=O) groups excluding carboxylic acids is 1. The molecule has 1 aliphatic carbocycles. The number of carbonyl (C=O) groups is 1. The van der Waals surface area contributed by atoms with Crippen molar-refractivity contribution in [2.75, 3.05) is 6.61 Å². The molecule has 1 heterocycles. The van der Waals surface area contributed by atoms with Gasteiger partial charge in [0.1, 0.15) is 6.10 Å². The Labute approximate surface area is 121 Å². The van der Waals surface area contributed by atoms with Gasteiger partial charge in [0, 0.05) is 19.3 Å². The summed E-state index contributed by atoms with van der Waals surface area (Å²) in [6.45, 7) is 5.52. The Morgan fingerprint density at radius 2 is 2.15 bits per heavy atom. The highest BCUT2D eigenvalue weighted by Gasteiger charge is 2.31. The van der Waals surface area contributed by atoms with Gasteiger partial charge in [-0.1, -0.05) is 26.2 Å². The molecule has 1 unspecified atom stereocenters. The highest BCUT2D eigenvalue weighted by atomic mass is 16.5. The van der Waals surface area contributed by atoms with E-state index in [1.807, 2.05) is 17.8 Å². The SMILES string of the molecule is CCCn1cc(C(=O)C(OCC)C2CCCCC2)cn1. The summed E-state index contributed by atoms with van der Waals surface area (Å²) in [6.07, 6.45) is 10.2. The Balaban J connectivity index is 2.08. The first-order valence-corrected chi connectivity index (χ1v) is 7.94. The van der Waals surface area contributed by atoms with Gasteiger partial charge >= 0.3 is 0 Å². The first-order chi connectivity index (χ1) is 9.76. The largest absolute Gasteiger partial charge is 0.370 e. The number of aryl methyl sites for hydroxylation is 1. The van der Waals surface area contributed by atoms with E-state index in [-0.39, 0.29) is 11.9 Å². The fourth-order valence-electron chi connectivity index (χ4n) is 3.05. The highest BCUT2D eigenvalue weighted by Crippen LogP contribution is 2.29. The molecule has 0 saturated heterocycles. The lowest BCUT2D eigenvalue weighted by Gasteiger charge is -2.28. The molecule has 1 aromatic rings.